The van der Waals surface area contributed by atoms with Gasteiger partial charge in [-0.1, -0.05) is 54.9 Å². The Morgan fingerprint density at radius 1 is 1.07 bits per heavy atom. The van der Waals surface area contributed by atoms with Gasteiger partial charge in [-0.15, -0.1) is 0 Å². The van der Waals surface area contributed by atoms with Crippen molar-refractivity contribution in [2.24, 2.45) is 0 Å². The average molecular weight is 395 g/mol. The summed E-state index contributed by atoms with van der Waals surface area (Å²) >= 11 is 6.34. The first-order valence-corrected chi connectivity index (χ1v) is 10.1. The molecule has 0 aliphatic heterocycles. The standard InChI is InChI=1S/C24H27ClN2O/c1-4-19(3)27(24(28)22-13-7-5-10-18(22)2)17-21-12-9-15-26(21)16-20-11-6-8-14-23(20)25/h5-15,19H,4,16-17H2,1-3H3. The lowest BCUT2D eigenvalue weighted by molar-refractivity contribution is 0.0666. The van der Waals surface area contributed by atoms with Crippen molar-refractivity contribution in [1.29, 1.82) is 0 Å². The lowest BCUT2D eigenvalue weighted by Gasteiger charge is -2.30. The number of hydrogen-bond donors (Lipinski definition) is 0. The number of carbonyl (C=O) groups is 1. The second kappa shape index (κ2) is 9.11. The average Bonchev–Trinajstić information content (AvgIpc) is 3.14. The quantitative estimate of drug-likeness (QED) is 0.486. The zero-order valence-electron chi connectivity index (χ0n) is 16.7. The highest BCUT2D eigenvalue weighted by atomic mass is 35.5. The van der Waals surface area contributed by atoms with E-state index in [2.05, 4.69) is 24.5 Å². The van der Waals surface area contributed by atoms with Gasteiger partial charge in [-0.05, 0) is 55.7 Å². The maximum absolute atomic E-state index is 13.3. The van der Waals surface area contributed by atoms with Gasteiger partial charge in [0.15, 0.2) is 0 Å². The minimum absolute atomic E-state index is 0.0814. The maximum Gasteiger partial charge on any atom is 0.254 e. The molecule has 0 aliphatic carbocycles. The fourth-order valence-electron chi connectivity index (χ4n) is 3.35. The molecule has 3 aromatic rings. The normalized spacial score (nSPS) is 12.0. The van der Waals surface area contributed by atoms with E-state index in [1.165, 1.54) is 0 Å². The Morgan fingerprint density at radius 2 is 1.79 bits per heavy atom. The highest BCUT2D eigenvalue weighted by molar-refractivity contribution is 6.31. The summed E-state index contributed by atoms with van der Waals surface area (Å²) in [6.45, 7) is 7.47. The number of aryl methyl sites for hydroxylation is 1. The number of amides is 1. The minimum atomic E-state index is 0.0814. The molecule has 4 heteroatoms. The molecule has 146 valence electrons. The Kier molecular flexibility index (Phi) is 6.58. The third-order valence-electron chi connectivity index (χ3n) is 5.31. The summed E-state index contributed by atoms with van der Waals surface area (Å²) in [6.07, 6.45) is 2.95. The summed E-state index contributed by atoms with van der Waals surface area (Å²) in [5, 5.41) is 0.761. The zero-order valence-corrected chi connectivity index (χ0v) is 17.5. The van der Waals surface area contributed by atoms with E-state index < -0.39 is 0 Å². The molecule has 1 heterocycles. The van der Waals surface area contributed by atoms with Gasteiger partial charge in [0, 0.05) is 35.1 Å². The summed E-state index contributed by atoms with van der Waals surface area (Å²) in [5.41, 5.74) is 3.95. The van der Waals surface area contributed by atoms with Gasteiger partial charge in [0.1, 0.15) is 0 Å². The number of rotatable bonds is 7. The molecule has 2 aromatic carbocycles. The van der Waals surface area contributed by atoms with Crippen LogP contribution in [0.4, 0.5) is 0 Å². The van der Waals surface area contributed by atoms with Crippen molar-refractivity contribution in [3.05, 3.63) is 94.3 Å². The van der Waals surface area contributed by atoms with Gasteiger partial charge in [0.05, 0.1) is 6.54 Å². The van der Waals surface area contributed by atoms with Crippen molar-refractivity contribution in [3.63, 3.8) is 0 Å². The predicted octanol–water partition coefficient (Wildman–Crippen LogP) is 5.94. The molecule has 0 aliphatic rings. The topological polar surface area (TPSA) is 25.2 Å². The van der Waals surface area contributed by atoms with Crippen LogP contribution >= 0.6 is 11.6 Å². The first-order chi connectivity index (χ1) is 13.5. The molecular weight excluding hydrogens is 368 g/mol. The van der Waals surface area contributed by atoms with Crippen LogP contribution in [0.25, 0.3) is 0 Å². The van der Waals surface area contributed by atoms with Gasteiger partial charge in [0.2, 0.25) is 0 Å². The number of hydrogen-bond acceptors (Lipinski definition) is 1. The second-order valence-corrected chi connectivity index (χ2v) is 7.63. The molecule has 1 aromatic heterocycles. The van der Waals surface area contributed by atoms with Crippen LogP contribution in [-0.2, 0) is 13.1 Å². The first-order valence-electron chi connectivity index (χ1n) is 9.75. The van der Waals surface area contributed by atoms with Gasteiger partial charge in [-0.25, -0.2) is 0 Å². The fraction of sp³-hybridized carbons (Fsp3) is 0.292. The van der Waals surface area contributed by atoms with Crippen LogP contribution in [0.1, 0.15) is 47.4 Å². The predicted molar refractivity (Wildman–Crippen MR) is 116 cm³/mol. The van der Waals surface area contributed by atoms with Crippen LogP contribution < -0.4 is 0 Å². The Labute approximate surface area is 172 Å². The smallest absolute Gasteiger partial charge is 0.254 e. The zero-order chi connectivity index (χ0) is 20.1. The molecule has 0 N–H and O–H groups in total. The number of nitrogens with zero attached hydrogens (tertiary/aromatic N) is 2. The van der Waals surface area contributed by atoms with E-state index >= 15 is 0 Å². The Morgan fingerprint density at radius 3 is 2.50 bits per heavy atom. The largest absolute Gasteiger partial charge is 0.345 e. The Balaban J connectivity index is 1.87. The Bertz CT molecular complexity index is 947. The lowest BCUT2D eigenvalue weighted by atomic mass is 10.1. The molecule has 1 amide bonds. The highest BCUT2D eigenvalue weighted by Crippen LogP contribution is 2.21. The number of aromatic nitrogens is 1. The third kappa shape index (κ3) is 4.48. The van der Waals surface area contributed by atoms with Crippen molar-refractivity contribution in [3.8, 4) is 0 Å². The molecule has 28 heavy (non-hydrogen) atoms. The summed E-state index contributed by atoms with van der Waals surface area (Å²) < 4.78 is 2.17. The van der Waals surface area contributed by atoms with Gasteiger partial charge >= 0.3 is 0 Å². The van der Waals surface area contributed by atoms with Gasteiger partial charge in [-0.3, -0.25) is 4.79 Å². The molecule has 1 unspecified atom stereocenters. The van der Waals surface area contributed by atoms with Crippen molar-refractivity contribution >= 4 is 17.5 Å². The van der Waals surface area contributed by atoms with Crippen molar-refractivity contribution in [2.45, 2.75) is 46.3 Å². The van der Waals surface area contributed by atoms with E-state index in [1.807, 2.05) is 72.6 Å². The van der Waals surface area contributed by atoms with Crippen LogP contribution in [0.15, 0.2) is 66.9 Å². The molecule has 0 fully saturated rings. The molecular formula is C24H27ClN2O. The molecule has 0 spiro atoms. The molecule has 3 rings (SSSR count). The van der Waals surface area contributed by atoms with E-state index in [0.29, 0.717) is 13.1 Å². The molecule has 0 saturated heterocycles. The van der Waals surface area contributed by atoms with E-state index in [0.717, 1.165) is 33.8 Å². The van der Waals surface area contributed by atoms with Crippen LogP contribution in [0, 0.1) is 6.92 Å². The molecule has 3 nitrogen and oxygen atoms in total. The molecule has 0 bridgehead atoms. The van der Waals surface area contributed by atoms with Gasteiger partial charge < -0.3 is 9.47 Å². The van der Waals surface area contributed by atoms with Crippen molar-refractivity contribution in [1.82, 2.24) is 9.47 Å². The minimum Gasteiger partial charge on any atom is -0.345 e. The third-order valence-corrected chi connectivity index (χ3v) is 5.68. The number of benzene rings is 2. The second-order valence-electron chi connectivity index (χ2n) is 7.22. The highest BCUT2D eigenvalue weighted by Gasteiger charge is 2.23. The summed E-state index contributed by atoms with van der Waals surface area (Å²) in [6, 6.07) is 19.9. The maximum atomic E-state index is 13.3. The number of halogens is 1. The van der Waals surface area contributed by atoms with Crippen LogP contribution in [0.5, 0.6) is 0 Å². The van der Waals surface area contributed by atoms with Gasteiger partial charge in [0.25, 0.3) is 5.91 Å². The van der Waals surface area contributed by atoms with Crippen molar-refractivity contribution < 1.29 is 4.79 Å². The summed E-state index contributed by atoms with van der Waals surface area (Å²) in [7, 11) is 0. The lowest BCUT2D eigenvalue weighted by Crippen LogP contribution is -2.38. The van der Waals surface area contributed by atoms with Crippen LogP contribution in [0.2, 0.25) is 5.02 Å². The van der Waals surface area contributed by atoms with E-state index in [-0.39, 0.29) is 11.9 Å². The van der Waals surface area contributed by atoms with Gasteiger partial charge in [-0.2, -0.15) is 0 Å². The molecule has 1 atom stereocenters. The van der Waals surface area contributed by atoms with E-state index in [1.54, 1.807) is 0 Å². The Hall–Kier alpha value is -2.52. The van der Waals surface area contributed by atoms with Crippen LogP contribution in [-0.4, -0.2) is 21.4 Å². The summed E-state index contributed by atoms with van der Waals surface area (Å²) in [5.74, 6) is 0.0814. The van der Waals surface area contributed by atoms with Crippen molar-refractivity contribution in [2.75, 3.05) is 0 Å². The first kappa shape index (κ1) is 20.2. The van der Waals surface area contributed by atoms with Crippen LogP contribution in [0.3, 0.4) is 0 Å². The SMILES string of the molecule is CCC(C)N(Cc1cccn1Cc1ccccc1Cl)C(=O)c1ccccc1C. The van der Waals surface area contributed by atoms with E-state index in [9.17, 15) is 4.79 Å². The molecule has 0 saturated carbocycles. The monoisotopic (exact) mass is 394 g/mol. The number of carbonyl (C=O) groups excluding carboxylic acids is 1. The summed E-state index contributed by atoms with van der Waals surface area (Å²) in [4.78, 5) is 15.3. The molecule has 0 radical (unpaired) electrons. The van der Waals surface area contributed by atoms with E-state index in [4.69, 9.17) is 11.6 Å². The fourth-order valence-corrected chi connectivity index (χ4v) is 3.54.